The maximum atomic E-state index is 13.0. The molecule has 1 saturated carbocycles. The lowest BCUT2D eigenvalue weighted by Crippen LogP contribution is -2.46. The minimum absolute atomic E-state index is 0.0252. The summed E-state index contributed by atoms with van der Waals surface area (Å²) in [5.74, 6) is 1.06. The number of aromatic hydroxyl groups is 1. The Morgan fingerprint density at radius 1 is 1.33 bits per heavy atom. The number of carbonyl (C=O) groups excluding carboxylic acids is 1. The number of nitrogens with one attached hydrogen (secondary N) is 1. The van der Waals surface area contributed by atoms with Gasteiger partial charge in [-0.3, -0.25) is 9.59 Å². The molecule has 6 nitrogen and oxygen atoms in total. The van der Waals surface area contributed by atoms with Gasteiger partial charge in [0.2, 0.25) is 5.56 Å². The van der Waals surface area contributed by atoms with Crippen molar-refractivity contribution in [2.75, 3.05) is 7.05 Å². The first-order valence-electron chi connectivity index (χ1n) is 9.69. The number of hydrogen-bond acceptors (Lipinski definition) is 4. The predicted molar refractivity (Wildman–Crippen MR) is 105 cm³/mol. The number of H-pyrrole nitrogens is 1. The van der Waals surface area contributed by atoms with Crippen molar-refractivity contribution in [2.24, 2.45) is 5.92 Å². The highest BCUT2D eigenvalue weighted by atomic mass is 16.5. The van der Waals surface area contributed by atoms with Crippen molar-refractivity contribution in [3.63, 3.8) is 0 Å². The number of phenols is 1. The standard InChI is InChI=1S/C21H28N2O4/c1-4-17(21(26)23(3)14-7-5-6-13(2)12-14)27-18-10-9-16(24)20-15(18)8-11-19(25)22-20/h8-11,13-14,17,24H,4-7,12H2,1-3H3,(H,22,25). The number of fused-ring (bicyclic) bond motifs is 1. The fraction of sp³-hybridized carbons (Fsp3) is 0.524. The second kappa shape index (κ2) is 8.03. The van der Waals surface area contributed by atoms with Gasteiger partial charge in [-0.2, -0.15) is 0 Å². The number of aromatic amines is 1. The third kappa shape index (κ3) is 4.10. The smallest absolute Gasteiger partial charge is 0.263 e. The van der Waals surface area contributed by atoms with Crippen LogP contribution in [0.1, 0.15) is 46.0 Å². The third-order valence-corrected chi connectivity index (χ3v) is 5.55. The van der Waals surface area contributed by atoms with E-state index in [1.54, 1.807) is 12.1 Å². The molecule has 1 aromatic carbocycles. The zero-order valence-corrected chi connectivity index (χ0v) is 16.2. The van der Waals surface area contributed by atoms with E-state index in [0.717, 1.165) is 19.3 Å². The van der Waals surface area contributed by atoms with Gasteiger partial charge < -0.3 is 19.7 Å². The van der Waals surface area contributed by atoms with Crippen LogP contribution in [0, 0.1) is 5.92 Å². The number of ether oxygens (including phenoxy) is 1. The normalized spacial score (nSPS) is 21.0. The van der Waals surface area contributed by atoms with E-state index in [1.807, 2.05) is 18.9 Å². The Kier molecular flexibility index (Phi) is 5.73. The molecule has 6 heteroatoms. The van der Waals surface area contributed by atoms with Gasteiger partial charge in [0.1, 0.15) is 11.5 Å². The lowest BCUT2D eigenvalue weighted by atomic mass is 9.86. The topological polar surface area (TPSA) is 82.6 Å². The van der Waals surface area contributed by atoms with Gasteiger partial charge >= 0.3 is 0 Å². The molecule has 146 valence electrons. The number of nitrogens with zero attached hydrogens (tertiary/aromatic N) is 1. The van der Waals surface area contributed by atoms with E-state index in [9.17, 15) is 14.7 Å². The highest BCUT2D eigenvalue weighted by Gasteiger charge is 2.30. The summed E-state index contributed by atoms with van der Waals surface area (Å²) in [6, 6.07) is 6.35. The van der Waals surface area contributed by atoms with Crippen LogP contribution in [-0.4, -0.2) is 40.1 Å². The summed E-state index contributed by atoms with van der Waals surface area (Å²) in [4.78, 5) is 29.1. The summed E-state index contributed by atoms with van der Waals surface area (Å²) in [7, 11) is 1.86. The Hall–Kier alpha value is -2.50. The zero-order chi connectivity index (χ0) is 19.6. The number of likely N-dealkylation sites (N-methyl/N-ethyl adjacent to an activating group) is 1. The van der Waals surface area contributed by atoms with Crippen LogP contribution in [0.4, 0.5) is 0 Å². The Morgan fingerprint density at radius 2 is 2.11 bits per heavy atom. The van der Waals surface area contributed by atoms with Crippen LogP contribution in [0.5, 0.6) is 11.5 Å². The van der Waals surface area contributed by atoms with Crippen molar-refractivity contribution in [3.05, 3.63) is 34.6 Å². The van der Waals surface area contributed by atoms with Gasteiger partial charge in [-0.25, -0.2) is 0 Å². The van der Waals surface area contributed by atoms with Crippen molar-refractivity contribution in [3.8, 4) is 11.5 Å². The molecule has 0 saturated heterocycles. The number of aromatic nitrogens is 1. The molecule has 1 fully saturated rings. The van der Waals surface area contributed by atoms with Crippen LogP contribution in [0.3, 0.4) is 0 Å². The molecule has 0 spiro atoms. The average molecular weight is 372 g/mol. The number of rotatable bonds is 5. The number of amides is 1. The molecule has 3 unspecified atom stereocenters. The van der Waals surface area contributed by atoms with Gasteiger partial charge in [0.15, 0.2) is 6.10 Å². The molecule has 1 aliphatic carbocycles. The monoisotopic (exact) mass is 372 g/mol. The van der Waals surface area contributed by atoms with E-state index in [4.69, 9.17) is 4.74 Å². The minimum atomic E-state index is -0.605. The molecule has 2 aromatic rings. The number of phenolic OH excluding ortho intramolecular Hbond substituents is 1. The Balaban J connectivity index is 1.82. The van der Waals surface area contributed by atoms with Gasteiger partial charge in [-0.15, -0.1) is 0 Å². The lowest BCUT2D eigenvalue weighted by Gasteiger charge is -2.35. The first-order chi connectivity index (χ1) is 12.9. The fourth-order valence-electron chi connectivity index (χ4n) is 3.93. The highest BCUT2D eigenvalue weighted by Crippen LogP contribution is 2.32. The molecule has 27 heavy (non-hydrogen) atoms. The number of benzene rings is 1. The molecule has 1 amide bonds. The SMILES string of the molecule is CCC(Oc1ccc(O)c2[nH]c(=O)ccc12)C(=O)N(C)C1CCCC(C)C1. The van der Waals surface area contributed by atoms with Gasteiger partial charge in [0.25, 0.3) is 5.91 Å². The first kappa shape index (κ1) is 19.3. The van der Waals surface area contributed by atoms with Crippen molar-refractivity contribution < 1.29 is 14.6 Å². The van der Waals surface area contributed by atoms with Crippen molar-refractivity contribution in [1.29, 1.82) is 0 Å². The van der Waals surface area contributed by atoms with E-state index in [0.29, 0.717) is 29.0 Å². The van der Waals surface area contributed by atoms with E-state index >= 15 is 0 Å². The molecule has 0 radical (unpaired) electrons. The van der Waals surface area contributed by atoms with Crippen LogP contribution in [0.2, 0.25) is 0 Å². The van der Waals surface area contributed by atoms with E-state index < -0.39 is 6.10 Å². The highest BCUT2D eigenvalue weighted by molar-refractivity contribution is 5.90. The summed E-state index contributed by atoms with van der Waals surface area (Å²) < 4.78 is 6.05. The first-order valence-corrected chi connectivity index (χ1v) is 9.69. The Bertz CT molecular complexity index is 876. The van der Waals surface area contributed by atoms with Gasteiger partial charge in [-0.05, 0) is 43.4 Å². The molecule has 1 aromatic heterocycles. The van der Waals surface area contributed by atoms with E-state index in [-0.39, 0.29) is 23.3 Å². The summed E-state index contributed by atoms with van der Waals surface area (Å²) in [5, 5.41) is 10.6. The summed E-state index contributed by atoms with van der Waals surface area (Å²) in [5.41, 5.74) is 0.0148. The Labute approximate surface area is 159 Å². The molecular formula is C21H28N2O4. The van der Waals surface area contributed by atoms with E-state index in [1.165, 1.54) is 18.6 Å². The fourth-order valence-corrected chi connectivity index (χ4v) is 3.93. The number of carbonyl (C=O) groups is 1. The van der Waals surface area contributed by atoms with Crippen LogP contribution in [0.25, 0.3) is 10.9 Å². The molecule has 2 N–H and O–H groups in total. The molecule has 3 rings (SSSR count). The molecule has 1 heterocycles. The maximum Gasteiger partial charge on any atom is 0.263 e. The maximum absolute atomic E-state index is 13.0. The molecular weight excluding hydrogens is 344 g/mol. The predicted octanol–water partition coefficient (Wildman–Crippen LogP) is 3.43. The molecule has 0 bridgehead atoms. The average Bonchev–Trinajstić information content (AvgIpc) is 2.66. The van der Waals surface area contributed by atoms with Crippen LogP contribution in [-0.2, 0) is 4.79 Å². The molecule has 0 aliphatic heterocycles. The van der Waals surface area contributed by atoms with Gasteiger partial charge in [-0.1, -0.05) is 26.7 Å². The summed E-state index contributed by atoms with van der Waals surface area (Å²) >= 11 is 0. The Morgan fingerprint density at radius 3 is 2.81 bits per heavy atom. The number of hydrogen-bond donors (Lipinski definition) is 2. The summed E-state index contributed by atoms with van der Waals surface area (Å²) in [6.45, 7) is 4.16. The van der Waals surface area contributed by atoms with Crippen LogP contribution < -0.4 is 10.3 Å². The zero-order valence-electron chi connectivity index (χ0n) is 16.2. The van der Waals surface area contributed by atoms with E-state index in [2.05, 4.69) is 11.9 Å². The van der Waals surface area contributed by atoms with Crippen LogP contribution >= 0.6 is 0 Å². The third-order valence-electron chi connectivity index (χ3n) is 5.55. The lowest BCUT2D eigenvalue weighted by molar-refractivity contribution is -0.140. The second-order valence-corrected chi connectivity index (χ2v) is 7.58. The number of pyridine rings is 1. The van der Waals surface area contributed by atoms with Gasteiger partial charge in [0.05, 0.1) is 5.52 Å². The van der Waals surface area contributed by atoms with Crippen molar-refractivity contribution >= 4 is 16.8 Å². The van der Waals surface area contributed by atoms with Crippen LogP contribution in [0.15, 0.2) is 29.1 Å². The van der Waals surface area contributed by atoms with Crippen molar-refractivity contribution in [2.45, 2.75) is 58.1 Å². The van der Waals surface area contributed by atoms with Gasteiger partial charge in [0, 0.05) is 24.5 Å². The summed E-state index contributed by atoms with van der Waals surface area (Å²) in [6.07, 6.45) is 4.37. The molecule has 3 atom stereocenters. The second-order valence-electron chi connectivity index (χ2n) is 7.58. The minimum Gasteiger partial charge on any atom is -0.506 e. The van der Waals surface area contributed by atoms with Crippen molar-refractivity contribution in [1.82, 2.24) is 9.88 Å². The molecule has 1 aliphatic rings. The largest absolute Gasteiger partial charge is 0.506 e. The quantitative estimate of drug-likeness (QED) is 0.842.